The highest BCUT2D eigenvalue weighted by Gasteiger charge is 2.09. The number of aliphatic hydroxyl groups excluding tert-OH is 1. The number of benzene rings is 2. The molecule has 0 bridgehead atoms. The number of rotatable bonds is 8. The zero-order chi connectivity index (χ0) is 15.1. The molecule has 2 nitrogen and oxygen atoms in total. The first-order valence-electron chi connectivity index (χ1n) is 7.98. The van der Waals surface area contributed by atoms with Gasteiger partial charge in [-0.1, -0.05) is 56.9 Å². The van der Waals surface area contributed by atoms with Crippen LogP contribution >= 0.6 is 0 Å². The van der Waals surface area contributed by atoms with Crippen LogP contribution in [0.15, 0.2) is 36.4 Å². The highest BCUT2D eigenvalue weighted by molar-refractivity contribution is 5.87. The zero-order valence-corrected chi connectivity index (χ0v) is 13.1. The lowest BCUT2D eigenvalue weighted by Crippen LogP contribution is -2.10. The van der Waals surface area contributed by atoms with E-state index in [1.54, 1.807) is 7.11 Å². The molecular formula is C19H26O2. The molecule has 2 rings (SSSR count). The largest absolute Gasteiger partial charge is 0.497 e. The topological polar surface area (TPSA) is 29.5 Å². The molecule has 0 amide bonds. The molecule has 0 aliphatic rings. The monoisotopic (exact) mass is 286 g/mol. The van der Waals surface area contributed by atoms with Gasteiger partial charge in [-0.2, -0.15) is 0 Å². The van der Waals surface area contributed by atoms with Crippen molar-refractivity contribution in [3.8, 4) is 5.75 Å². The van der Waals surface area contributed by atoms with Gasteiger partial charge in [0.1, 0.15) is 5.75 Å². The summed E-state index contributed by atoms with van der Waals surface area (Å²) < 4.78 is 5.31. The molecule has 21 heavy (non-hydrogen) atoms. The maximum atomic E-state index is 10.3. The third kappa shape index (κ3) is 4.47. The van der Waals surface area contributed by atoms with Crippen LogP contribution in [0, 0.1) is 0 Å². The van der Waals surface area contributed by atoms with Crippen molar-refractivity contribution < 1.29 is 9.84 Å². The minimum atomic E-state index is -0.251. The Morgan fingerprint density at radius 3 is 2.71 bits per heavy atom. The van der Waals surface area contributed by atoms with Gasteiger partial charge in [0.05, 0.1) is 13.2 Å². The molecule has 0 aliphatic heterocycles. The quantitative estimate of drug-likeness (QED) is 0.711. The van der Waals surface area contributed by atoms with E-state index in [4.69, 9.17) is 4.74 Å². The van der Waals surface area contributed by atoms with Crippen LogP contribution in [0.5, 0.6) is 5.75 Å². The number of methoxy groups -OCH3 is 1. The molecule has 1 N–H and O–H groups in total. The number of fused-ring (bicyclic) bond motifs is 1. The van der Waals surface area contributed by atoms with Crippen LogP contribution in [0.3, 0.4) is 0 Å². The van der Waals surface area contributed by atoms with Crippen LogP contribution in [-0.4, -0.2) is 18.3 Å². The second-order valence-corrected chi connectivity index (χ2v) is 5.71. The third-order valence-corrected chi connectivity index (χ3v) is 4.03. The van der Waals surface area contributed by atoms with E-state index in [9.17, 15) is 5.11 Å². The van der Waals surface area contributed by atoms with Gasteiger partial charge in [0, 0.05) is 0 Å². The van der Waals surface area contributed by atoms with Gasteiger partial charge in [-0.15, -0.1) is 0 Å². The Labute approximate surface area is 127 Å². The smallest absolute Gasteiger partial charge is 0.119 e. The lowest BCUT2D eigenvalue weighted by atomic mass is 9.97. The molecule has 114 valence electrons. The number of unbranched alkanes of at least 4 members (excludes halogenated alkanes) is 3. The van der Waals surface area contributed by atoms with Gasteiger partial charge in [-0.05, 0) is 41.3 Å². The second kappa shape index (κ2) is 8.04. The standard InChI is InChI=1S/C19H26O2/c1-3-4-5-6-10-17(20)13-16-9-7-8-15-11-12-18(21-2)14-19(15)16/h7-9,11-12,14,17,20H,3-6,10,13H2,1-2H3. The van der Waals surface area contributed by atoms with Crippen molar-refractivity contribution in [1.82, 2.24) is 0 Å². The lowest BCUT2D eigenvalue weighted by molar-refractivity contribution is 0.161. The van der Waals surface area contributed by atoms with Gasteiger partial charge in [0.15, 0.2) is 0 Å². The second-order valence-electron chi connectivity index (χ2n) is 5.71. The first-order valence-corrected chi connectivity index (χ1v) is 7.98. The van der Waals surface area contributed by atoms with E-state index >= 15 is 0 Å². The summed E-state index contributed by atoms with van der Waals surface area (Å²) in [7, 11) is 1.69. The average Bonchev–Trinajstić information content (AvgIpc) is 2.51. The minimum absolute atomic E-state index is 0.251. The van der Waals surface area contributed by atoms with Gasteiger partial charge >= 0.3 is 0 Å². The van der Waals surface area contributed by atoms with Crippen molar-refractivity contribution in [2.24, 2.45) is 0 Å². The van der Waals surface area contributed by atoms with Crippen LogP contribution < -0.4 is 4.74 Å². The molecule has 0 heterocycles. The Bertz CT molecular complexity index is 562. The fourth-order valence-electron chi connectivity index (χ4n) is 2.78. The molecule has 0 saturated carbocycles. The molecule has 0 radical (unpaired) electrons. The van der Waals surface area contributed by atoms with Gasteiger partial charge < -0.3 is 9.84 Å². The maximum Gasteiger partial charge on any atom is 0.119 e. The normalized spacial score (nSPS) is 12.5. The van der Waals surface area contributed by atoms with Crippen molar-refractivity contribution >= 4 is 10.8 Å². The Hall–Kier alpha value is -1.54. The third-order valence-electron chi connectivity index (χ3n) is 4.03. The summed E-state index contributed by atoms with van der Waals surface area (Å²) in [5, 5.41) is 12.6. The van der Waals surface area contributed by atoms with E-state index in [0.29, 0.717) is 0 Å². The molecule has 2 heteroatoms. The molecule has 1 atom stereocenters. The van der Waals surface area contributed by atoms with Crippen molar-refractivity contribution in [1.29, 1.82) is 0 Å². The molecule has 2 aromatic carbocycles. The highest BCUT2D eigenvalue weighted by atomic mass is 16.5. The summed E-state index contributed by atoms with van der Waals surface area (Å²) in [6, 6.07) is 12.4. The van der Waals surface area contributed by atoms with Crippen LogP contribution in [0.25, 0.3) is 10.8 Å². The van der Waals surface area contributed by atoms with E-state index in [1.165, 1.54) is 35.6 Å². The van der Waals surface area contributed by atoms with Crippen LogP contribution in [0.1, 0.15) is 44.6 Å². The summed E-state index contributed by atoms with van der Waals surface area (Å²) in [6.45, 7) is 2.21. The molecule has 0 fully saturated rings. The Morgan fingerprint density at radius 2 is 1.95 bits per heavy atom. The van der Waals surface area contributed by atoms with E-state index in [2.05, 4.69) is 37.3 Å². The molecule has 0 saturated heterocycles. The zero-order valence-electron chi connectivity index (χ0n) is 13.1. The SMILES string of the molecule is CCCCCCC(O)Cc1cccc2ccc(OC)cc12. The number of hydrogen-bond acceptors (Lipinski definition) is 2. The Morgan fingerprint density at radius 1 is 1.10 bits per heavy atom. The summed E-state index contributed by atoms with van der Waals surface area (Å²) >= 11 is 0. The summed E-state index contributed by atoms with van der Waals surface area (Å²) in [5.74, 6) is 0.868. The fraction of sp³-hybridized carbons (Fsp3) is 0.474. The Kier molecular flexibility index (Phi) is 6.06. The first-order chi connectivity index (χ1) is 10.2. The van der Waals surface area contributed by atoms with E-state index < -0.39 is 0 Å². The average molecular weight is 286 g/mol. The number of hydrogen-bond donors (Lipinski definition) is 1. The van der Waals surface area contributed by atoms with Gasteiger partial charge in [-0.25, -0.2) is 0 Å². The van der Waals surface area contributed by atoms with Gasteiger partial charge in [0.2, 0.25) is 0 Å². The van der Waals surface area contributed by atoms with Crippen LogP contribution in [-0.2, 0) is 6.42 Å². The highest BCUT2D eigenvalue weighted by Crippen LogP contribution is 2.25. The van der Waals surface area contributed by atoms with E-state index in [0.717, 1.165) is 25.0 Å². The molecular weight excluding hydrogens is 260 g/mol. The predicted octanol–water partition coefficient (Wildman–Crippen LogP) is 4.72. The van der Waals surface area contributed by atoms with Gasteiger partial charge in [-0.3, -0.25) is 0 Å². The molecule has 0 aliphatic carbocycles. The minimum Gasteiger partial charge on any atom is -0.497 e. The first kappa shape index (κ1) is 15.8. The summed E-state index contributed by atoms with van der Waals surface area (Å²) in [5.41, 5.74) is 1.20. The molecule has 0 spiro atoms. The number of aliphatic hydroxyl groups is 1. The Balaban J connectivity index is 2.06. The lowest BCUT2D eigenvalue weighted by Gasteiger charge is -2.13. The van der Waals surface area contributed by atoms with E-state index in [-0.39, 0.29) is 6.10 Å². The van der Waals surface area contributed by atoms with Crippen molar-refractivity contribution in [2.45, 2.75) is 51.6 Å². The number of ether oxygens (including phenoxy) is 1. The van der Waals surface area contributed by atoms with Crippen molar-refractivity contribution in [3.63, 3.8) is 0 Å². The molecule has 2 aromatic rings. The summed E-state index contributed by atoms with van der Waals surface area (Å²) in [6.07, 6.45) is 6.19. The molecule has 0 aromatic heterocycles. The fourth-order valence-corrected chi connectivity index (χ4v) is 2.78. The van der Waals surface area contributed by atoms with Crippen molar-refractivity contribution in [2.75, 3.05) is 7.11 Å². The molecule has 1 unspecified atom stereocenters. The van der Waals surface area contributed by atoms with E-state index in [1.807, 2.05) is 6.07 Å². The maximum absolute atomic E-state index is 10.3. The summed E-state index contributed by atoms with van der Waals surface area (Å²) in [4.78, 5) is 0. The predicted molar refractivity (Wildman–Crippen MR) is 89.0 cm³/mol. The van der Waals surface area contributed by atoms with Crippen LogP contribution in [0.2, 0.25) is 0 Å². The van der Waals surface area contributed by atoms with Gasteiger partial charge in [0.25, 0.3) is 0 Å². The van der Waals surface area contributed by atoms with Crippen molar-refractivity contribution in [3.05, 3.63) is 42.0 Å². The van der Waals surface area contributed by atoms with Crippen LogP contribution in [0.4, 0.5) is 0 Å².